The van der Waals surface area contributed by atoms with Gasteiger partial charge in [0.15, 0.2) is 0 Å². The number of aryl methyl sites for hydroxylation is 1. The highest BCUT2D eigenvalue weighted by Crippen LogP contribution is 2.32. The predicted octanol–water partition coefficient (Wildman–Crippen LogP) is 3.69. The molecule has 3 aliphatic rings. The summed E-state index contributed by atoms with van der Waals surface area (Å²) >= 11 is 0. The molecule has 1 saturated heterocycles. The van der Waals surface area contributed by atoms with Crippen LogP contribution in [0.25, 0.3) is 11.3 Å². The first-order valence-electron chi connectivity index (χ1n) is 10.1. The highest BCUT2D eigenvalue weighted by molar-refractivity contribution is 6.05. The van der Waals surface area contributed by atoms with Crippen molar-refractivity contribution < 1.29 is 4.65 Å². The molecule has 4 rings (SSSR count). The van der Waals surface area contributed by atoms with Gasteiger partial charge < -0.3 is 24.7 Å². The summed E-state index contributed by atoms with van der Waals surface area (Å²) in [5.74, 6) is 0. The Bertz CT molecular complexity index is 1140. The van der Waals surface area contributed by atoms with Crippen LogP contribution in [-0.4, -0.2) is 48.6 Å². The minimum atomic E-state index is -0.520. The minimum absolute atomic E-state index is 0.179. The maximum atomic E-state index is 13.3. The molecular formula is C23H26N4O3. The Labute approximate surface area is 175 Å². The molecule has 2 heterocycles. The van der Waals surface area contributed by atoms with Gasteiger partial charge in [-0.15, -0.1) is 0 Å². The normalized spacial score (nSPS) is 24.9. The molecule has 0 bridgehead atoms. The highest BCUT2D eigenvalue weighted by Gasteiger charge is 2.32. The van der Waals surface area contributed by atoms with Gasteiger partial charge >= 0.3 is 0 Å². The van der Waals surface area contributed by atoms with E-state index in [2.05, 4.69) is 4.98 Å². The summed E-state index contributed by atoms with van der Waals surface area (Å²) < 4.78 is -0.893. The summed E-state index contributed by atoms with van der Waals surface area (Å²) in [6.07, 6.45) is 0. The number of nitrogens with zero attached hydrogens (tertiary/aromatic N) is 3. The zero-order valence-corrected chi connectivity index (χ0v) is 17.5. The second-order valence-corrected chi connectivity index (χ2v) is 8.32. The number of aliphatic imine (C=N–C) groups is 1. The molecule has 0 atom stereocenters. The van der Waals surface area contributed by atoms with Crippen LogP contribution in [0.1, 0.15) is 18.1 Å². The van der Waals surface area contributed by atoms with E-state index in [0.29, 0.717) is 35.7 Å². The number of hydroxylamine groups is 5. The molecule has 1 N–H and O–H groups in total. The molecule has 0 unspecified atom stereocenters. The van der Waals surface area contributed by atoms with Crippen molar-refractivity contribution in [1.29, 1.82) is 0 Å². The molecule has 156 valence electrons. The van der Waals surface area contributed by atoms with E-state index in [-0.39, 0.29) is 23.3 Å². The average molecular weight is 406 g/mol. The Kier molecular flexibility index (Phi) is 5.07. The van der Waals surface area contributed by atoms with Crippen molar-refractivity contribution in [3.63, 3.8) is 0 Å². The van der Waals surface area contributed by atoms with Gasteiger partial charge in [0.25, 0.3) is 5.56 Å². The van der Waals surface area contributed by atoms with Gasteiger partial charge in [0.2, 0.25) is 0 Å². The van der Waals surface area contributed by atoms with Crippen LogP contribution in [0.3, 0.4) is 0 Å². The molecule has 7 nitrogen and oxygen atoms in total. The Morgan fingerprint density at radius 2 is 1.73 bits per heavy atom. The molecule has 1 aromatic rings. The average Bonchev–Trinajstić information content (AvgIpc) is 2.85. The summed E-state index contributed by atoms with van der Waals surface area (Å²) in [7, 11) is 1.61. The SMILES string of the molecule is CC(=Nc1cc([N+]2([O-])CC[N+](C)([O-])CC2)ccc1C)c1c2cccccc-2[nH]c1=O. The van der Waals surface area contributed by atoms with E-state index in [1.54, 1.807) is 13.1 Å². The van der Waals surface area contributed by atoms with Gasteiger partial charge in [-0.1, -0.05) is 30.3 Å². The van der Waals surface area contributed by atoms with Crippen LogP contribution < -0.4 is 10.2 Å². The first-order valence-corrected chi connectivity index (χ1v) is 10.1. The van der Waals surface area contributed by atoms with Crippen LogP contribution in [0, 0.1) is 17.3 Å². The number of benzene rings is 1. The summed E-state index contributed by atoms with van der Waals surface area (Å²) in [5.41, 5.74) is 4.71. The van der Waals surface area contributed by atoms with E-state index in [4.69, 9.17) is 4.99 Å². The minimum Gasteiger partial charge on any atom is -0.633 e. The van der Waals surface area contributed by atoms with Crippen molar-refractivity contribution in [2.24, 2.45) is 4.99 Å². The number of quaternary nitrogens is 2. The maximum Gasteiger partial charge on any atom is 0.258 e. The molecule has 0 amide bonds. The summed E-state index contributed by atoms with van der Waals surface area (Å²) in [6, 6.07) is 14.9. The van der Waals surface area contributed by atoms with E-state index in [9.17, 15) is 15.2 Å². The number of aromatic amines is 1. The quantitative estimate of drug-likeness (QED) is 0.408. The molecule has 2 aliphatic heterocycles. The Morgan fingerprint density at radius 3 is 2.47 bits per heavy atom. The third-order valence-corrected chi connectivity index (χ3v) is 5.96. The lowest BCUT2D eigenvalue weighted by molar-refractivity contribution is -0.864. The Balaban J connectivity index is 1.73. The second kappa shape index (κ2) is 7.45. The summed E-state index contributed by atoms with van der Waals surface area (Å²) in [5, 5.41) is 25.5. The lowest BCUT2D eigenvalue weighted by Gasteiger charge is -2.52. The fraction of sp³-hybridized carbons (Fsp3) is 0.304. The van der Waals surface area contributed by atoms with Crippen LogP contribution >= 0.6 is 0 Å². The molecule has 0 radical (unpaired) electrons. The molecule has 7 heteroatoms. The molecule has 1 aromatic carbocycles. The van der Waals surface area contributed by atoms with Gasteiger partial charge in [-0.05, 0) is 31.5 Å². The van der Waals surface area contributed by atoms with Gasteiger partial charge in [0, 0.05) is 17.3 Å². The van der Waals surface area contributed by atoms with Gasteiger partial charge in [-0.2, -0.15) is 0 Å². The number of fused-ring (bicyclic) bond motifs is 1. The molecule has 0 aromatic heterocycles. The lowest BCUT2D eigenvalue weighted by Crippen LogP contribution is -2.61. The lowest BCUT2D eigenvalue weighted by atomic mass is 10.1. The number of H-pyrrole nitrogens is 1. The standard InChI is InChI=1S/C23H26N4O3/c1-16-9-10-18(27(30)13-11-26(3,29)12-14-27)15-21(16)24-17(2)22-19-7-5-4-6-8-20(19)25-23(22)28/h4-10,15H,11-14H2,1-3H3,(H,25,28). The molecule has 1 fully saturated rings. The van der Waals surface area contributed by atoms with Crippen LogP contribution in [0.5, 0.6) is 0 Å². The number of hydrogen-bond acceptors (Lipinski definition) is 4. The van der Waals surface area contributed by atoms with E-state index in [1.807, 2.05) is 56.3 Å². The second-order valence-electron chi connectivity index (χ2n) is 8.32. The Hall–Kier alpha value is -2.84. The van der Waals surface area contributed by atoms with Crippen molar-refractivity contribution in [3.8, 4) is 11.3 Å². The van der Waals surface area contributed by atoms with Gasteiger partial charge in [-0.3, -0.25) is 9.79 Å². The van der Waals surface area contributed by atoms with Gasteiger partial charge in [0.05, 0.1) is 24.0 Å². The monoisotopic (exact) mass is 406 g/mol. The first-order chi connectivity index (χ1) is 14.2. The number of hydrogen-bond donors (Lipinski definition) is 1. The van der Waals surface area contributed by atoms with Crippen LogP contribution in [-0.2, 0) is 0 Å². The smallest absolute Gasteiger partial charge is 0.258 e. The zero-order chi connectivity index (χ0) is 21.5. The summed E-state index contributed by atoms with van der Waals surface area (Å²) in [4.78, 5) is 20.2. The van der Waals surface area contributed by atoms with Crippen molar-refractivity contribution in [2.75, 3.05) is 33.2 Å². The molecule has 0 saturated carbocycles. The third kappa shape index (κ3) is 3.80. The van der Waals surface area contributed by atoms with Crippen molar-refractivity contribution >= 4 is 17.1 Å². The number of piperazine rings is 1. The molecule has 0 spiro atoms. The molecular weight excluding hydrogens is 380 g/mol. The number of likely N-dealkylation sites (N-methyl/N-ethyl adjacent to an activating group) is 1. The van der Waals surface area contributed by atoms with Crippen LogP contribution in [0.4, 0.5) is 11.4 Å². The van der Waals surface area contributed by atoms with E-state index in [0.717, 1.165) is 16.8 Å². The number of aromatic nitrogens is 1. The fourth-order valence-corrected chi connectivity index (χ4v) is 3.98. The van der Waals surface area contributed by atoms with E-state index in [1.165, 1.54) is 0 Å². The largest absolute Gasteiger partial charge is 0.633 e. The molecule has 30 heavy (non-hydrogen) atoms. The van der Waals surface area contributed by atoms with Crippen molar-refractivity contribution in [3.05, 3.63) is 80.4 Å². The topological polar surface area (TPSA) is 91.3 Å². The van der Waals surface area contributed by atoms with Gasteiger partial charge in [-0.25, -0.2) is 0 Å². The highest BCUT2D eigenvalue weighted by atomic mass is 16.6. The van der Waals surface area contributed by atoms with E-state index >= 15 is 0 Å². The maximum absolute atomic E-state index is 13.3. The zero-order valence-electron chi connectivity index (χ0n) is 17.5. The van der Waals surface area contributed by atoms with Crippen molar-refractivity contribution in [2.45, 2.75) is 13.8 Å². The summed E-state index contributed by atoms with van der Waals surface area (Å²) in [6.45, 7) is 4.82. The van der Waals surface area contributed by atoms with Gasteiger partial charge in [0.1, 0.15) is 31.9 Å². The predicted molar refractivity (Wildman–Crippen MR) is 121 cm³/mol. The third-order valence-electron chi connectivity index (χ3n) is 5.96. The number of nitrogens with one attached hydrogen (secondary N) is 1. The van der Waals surface area contributed by atoms with Crippen molar-refractivity contribution in [1.82, 2.24) is 9.63 Å². The first kappa shape index (κ1) is 20.4. The van der Waals surface area contributed by atoms with Crippen LogP contribution in [0.2, 0.25) is 0 Å². The number of rotatable bonds is 3. The fourth-order valence-electron chi connectivity index (χ4n) is 3.98. The Morgan fingerprint density at radius 1 is 1.03 bits per heavy atom. The van der Waals surface area contributed by atoms with Crippen LogP contribution in [0.15, 0.2) is 58.3 Å². The molecule has 1 aliphatic carbocycles. The van der Waals surface area contributed by atoms with E-state index < -0.39 is 4.65 Å².